The number of ether oxygens (including phenoxy) is 2. The summed E-state index contributed by atoms with van der Waals surface area (Å²) >= 11 is 6.25. The van der Waals surface area contributed by atoms with Crippen molar-refractivity contribution in [3.05, 3.63) is 98.5 Å². The highest BCUT2D eigenvalue weighted by Crippen LogP contribution is 2.35. The van der Waals surface area contributed by atoms with Crippen LogP contribution in [-0.2, 0) is 22.3 Å². The first-order valence-corrected chi connectivity index (χ1v) is 14.2. The SMILES string of the molecule is COC(=O)c1cc(C(=O)N[C@H]2CCc3c2ccc(C(=O)OC(C)(C)C)c3C)n2ncc(C(=O)Cc3ccccc3Cl)c2n1. The third-order valence-corrected chi connectivity index (χ3v) is 7.69. The van der Waals surface area contributed by atoms with Crippen LogP contribution in [0.2, 0.25) is 5.02 Å². The van der Waals surface area contributed by atoms with Gasteiger partial charge in [-0.25, -0.2) is 19.1 Å². The van der Waals surface area contributed by atoms with Crippen LogP contribution in [0.3, 0.4) is 0 Å². The maximum Gasteiger partial charge on any atom is 0.356 e. The van der Waals surface area contributed by atoms with Gasteiger partial charge in [0.05, 0.1) is 30.5 Å². The summed E-state index contributed by atoms with van der Waals surface area (Å²) in [6, 6.07) is 11.5. The minimum Gasteiger partial charge on any atom is -0.464 e. The number of Topliss-reactive ketones (excluding diaryl/α,β-unsaturated/α-hetero) is 1. The van der Waals surface area contributed by atoms with Gasteiger partial charge in [-0.2, -0.15) is 5.10 Å². The van der Waals surface area contributed by atoms with Gasteiger partial charge in [-0.1, -0.05) is 35.9 Å². The van der Waals surface area contributed by atoms with Crippen molar-refractivity contribution in [2.24, 2.45) is 0 Å². The summed E-state index contributed by atoms with van der Waals surface area (Å²) in [4.78, 5) is 56.5. The topological polar surface area (TPSA) is 129 Å². The standard InChI is InChI=1S/C32H31ClN4O6/c1-17-19-12-13-24(21(19)11-10-20(17)30(40)43-32(2,3)4)36-29(39)26-15-25(31(41)42-5)35-28-22(16-34-37(26)28)27(38)14-18-8-6-7-9-23(18)33/h6-11,15-16,24H,12-14H2,1-5H3,(H,36,39)/t24-/m0/s1. The number of methoxy groups -OCH3 is 1. The Morgan fingerprint density at radius 3 is 2.51 bits per heavy atom. The van der Waals surface area contributed by atoms with Crippen LogP contribution in [0.5, 0.6) is 0 Å². The summed E-state index contributed by atoms with van der Waals surface area (Å²) < 4.78 is 11.7. The van der Waals surface area contributed by atoms with Crippen molar-refractivity contribution < 1.29 is 28.7 Å². The van der Waals surface area contributed by atoms with Crippen LogP contribution in [0.1, 0.15) is 97.2 Å². The second-order valence-corrected chi connectivity index (χ2v) is 11.8. The first-order valence-electron chi connectivity index (χ1n) is 13.8. The molecule has 0 spiro atoms. The first kappa shape index (κ1) is 29.9. The zero-order chi connectivity index (χ0) is 31.1. The summed E-state index contributed by atoms with van der Waals surface area (Å²) in [5.74, 6) is -2.01. The highest BCUT2D eigenvalue weighted by molar-refractivity contribution is 6.31. The zero-order valence-electron chi connectivity index (χ0n) is 24.5. The molecule has 43 heavy (non-hydrogen) atoms. The number of hydrogen-bond acceptors (Lipinski definition) is 8. The van der Waals surface area contributed by atoms with Crippen LogP contribution >= 0.6 is 11.6 Å². The van der Waals surface area contributed by atoms with Crippen LogP contribution < -0.4 is 5.32 Å². The lowest BCUT2D eigenvalue weighted by atomic mass is 9.97. The van der Waals surface area contributed by atoms with Gasteiger partial charge in [-0.3, -0.25) is 9.59 Å². The molecule has 0 radical (unpaired) electrons. The molecule has 0 saturated carbocycles. The molecule has 0 unspecified atom stereocenters. The summed E-state index contributed by atoms with van der Waals surface area (Å²) in [5, 5.41) is 7.75. The van der Waals surface area contributed by atoms with E-state index >= 15 is 0 Å². The number of esters is 2. The minimum atomic E-state index is -0.765. The molecular weight excluding hydrogens is 572 g/mol. The molecular formula is C32H31ClN4O6. The number of carbonyl (C=O) groups is 4. The molecule has 1 aliphatic carbocycles. The fraction of sp³-hybridized carbons (Fsp3) is 0.312. The van der Waals surface area contributed by atoms with E-state index in [-0.39, 0.29) is 40.8 Å². The molecule has 2 aromatic carbocycles. The fourth-order valence-corrected chi connectivity index (χ4v) is 5.46. The molecule has 10 nitrogen and oxygen atoms in total. The van der Waals surface area contributed by atoms with E-state index in [1.807, 2.05) is 33.8 Å². The van der Waals surface area contributed by atoms with Crippen LogP contribution in [0.15, 0.2) is 48.7 Å². The van der Waals surface area contributed by atoms with Crippen molar-refractivity contribution in [3.8, 4) is 0 Å². The maximum absolute atomic E-state index is 13.7. The number of rotatable bonds is 7. The number of aromatic nitrogens is 3. The Bertz CT molecular complexity index is 1790. The van der Waals surface area contributed by atoms with Crippen molar-refractivity contribution in [1.82, 2.24) is 19.9 Å². The van der Waals surface area contributed by atoms with E-state index in [2.05, 4.69) is 15.4 Å². The van der Waals surface area contributed by atoms with Gasteiger partial charge < -0.3 is 14.8 Å². The van der Waals surface area contributed by atoms with Crippen molar-refractivity contribution in [1.29, 1.82) is 0 Å². The predicted molar refractivity (Wildman–Crippen MR) is 159 cm³/mol. The van der Waals surface area contributed by atoms with E-state index in [1.54, 1.807) is 30.3 Å². The van der Waals surface area contributed by atoms with Crippen LogP contribution in [-0.4, -0.2) is 50.9 Å². The van der Waals surface area contributed by atoms with Gasteiger partial charge in [0.25, 0.3) is 5.91 Å². The molecule has 5 rings (SSSR count). The molecule has 1 atom stereocenters. The number of halogens is 1. The van der Waals surface area contributed by atoms with Crippen molar-refractivity contribution >= 4 is 40.9 Å². The van der Waals surface area contributed by atoms with E-state index in [9.17, 15) is 19.2 Å². The largest absolute Gasteiger partial charge is 0.464 e. The number of nitrogens with one attached hydrogen (secondary N) is 1. The Kier molecular flexibility index (Phi) is 8.07. The second-order valence-electron chi connectivity index (χ2n) is 11.4. The number of nitrogens with zero attached hydrogens (tertiary/aromatic N) is 3. The third-order valence-electron chi connectivity index (χ3n) is 7.33. The third kappa shape index (κ3) is 6.01. The Morgan fingerprint density at radius 2 is 1.81 bits per heavy atom. The monoisotopic (exact) mass is 602 g/mol. The molecule has 1 aliphatic rings. The lowest BCUT2D eigenvalue weighted by Gasteiger charge is -2.21. The number of fused-ring (bicyclic) bond motifs is 2. The molecule has 4 aromatic rings. The Balaban J connectivity index is 1.46. The van der Waals surface area contributed by atoms with Crippen LogP contribution in [0.4, 0.5) is 0 Å². The Morgan fingerprint density at radius 1 is 1.07 bits per heavy atom. The van der Waals surface area contributed by atoms with Crippen molar-refractivity contribution in [3.63, 3.8) is 0 Å². The molecule has 11 heteroatoms. The maximum atomic E-state index is 13.7. The number of carbonyl (C=O) groups excluding carboxylic acids is 4. The summed E-state index contributed by atoms with van der Waals surface area (Å²) in [6.45, 7) is 7.33. The minimum absolute atomic E-state index is 0.0118. The van der Waals surface area contributed by atoms with Crippen molar-refractivity contribution in [2.75, 3.05) is 7.11 Å². The molecule has 0 bridgehead atoms. The molecule has 0 fully saturated rings. The van der Waals surface area contributed by atoms with Gasteiger partial charge in [0.15, 0.2) is 17.1 Å². The highest BCUT2D eigenvalue weighted by atomic mass is 35.5. The summed E-state index contributed by atoms with van der Waals surface area (Å²) in [5.41, 5.74) is 3.25. The average molecular weight is 603 g/mol. The number of amides is 1. The normalized spacial score (nSPS) is 14.3. The second kappa shape index (κ2) is 11.6. The number of ketones is 1. The Labute approximate surface area is 253 Å². The lowest BCUT2D eigenvalue weighted by Crippen LogP contribution is -2.30. The molecule has 222 valence electrons. The first-order chi connectivity index (χ1) is 20.4. The molecule has 2 heterocycles. The van der Waals surface area contributed by atoms with E-state index in [0.29, 0.717) is 29.0 Å². The predicted octanol–water partition coefficient (Wildman–Crippen LogP) is 5.28. The quantitative estimate of drug-likeness (QED) is 0.224. The van der Waals surface area contributed by atoms with Gasteiger partial charge in [0.1, 0.15) is 11.3 Å². The van der Waals surface area contributed by atoms with Crippen LogP contribution in [0.25, 0.3) is 5.65 Å². The highest BCUT2D eigenvalue weighted by Gasteiger charge is 2.30. The van der Waals surface area contributed by atoms with E-state index in [0.717, 1.165) is 16.7 Å². The van der Waals surface area contributed by atoms with E-state index in [1.165, 1.54) is 23.9 Å². The fourth-order valence-electron chi connectivity index (χ4n) is 5.26. The molecule has 2 aromatic heterocycles. The number of hydrogen-bond donors (Lipinski definition) is 1. The van der Waals surface area contributed by atoms with E-state index in [4.69, 9.17) is 21.1 Å². The van der Waals surface area contributed by atoms with Gasteiger partial charge in [-0.05, 0) is 74.9 Å². The van der Waals surface area contributed by atoms with E-state index < -0.39 is 23.4 Å². The van der Waals surface area contributed by atoms with Crippen LogP contribution in [0, 0.1) is 6.92 Å². The summed E-state index contributed by atoms with van der Waals surface area (Å²) in [7, 11) is 1.21. The van der Waals surface area contributed by atoms with Gasteiger partial charge >= 0.3 is 11.9 Å². The van der Waals surface area contributed by atoms with Gasteiger partial charge in [0, 0.05) is 17.5 Å². The smallest absolute Gasteiger partial charge is 0.356 e. The van der Waals surface area contributed by atoms with Crippen molar-refractivity contribution in [2.45, 2.75) is 58.6 Å². The van der Waals surface area contributed by atoms with Gasteiger partial charge in [0.2, 0.25) is 0 Å². The molecule has 1 N–H and O–H groups in total. The molecule has 1 amide bonds. The molecule has 0 aliphatic heterocycles. The molecule has 0 saturated heterocycles. The Hall–Kier alpha value is -4.57. The van der Waals surface area contributed by atoms with Gasteiger partial charge in [-0.15, -0.1) is 0 Å². The number of benzene rings is 2. The summed E-state index contributed by atoms with van der Waals surface area (Å²) in [6.07, 6.45) is 2.57. The average Bonchev–Trinajstić information content (AvgIpc) is 3.57. The lowest BCUT2D eigenvalue weighted by molar-refractivity contribution is 0.00681. The zero-order valence-corrected chi connectivity index (χ0v) is 25.2.